The molecule has 0 radical (unpaired) electrons. The summed E-state index contributed by atoms with van der Waals surface area (Å²) in [5, 5.41) is 9.96. The maximum absolute atomic E-state index is 9.96. The fourth-order valence-corrected chi connectivity index (χ4v) is 3.88. The Kier molecular flexibility index (Phi) is 3.98. The average molecular weight is 336 g/mol. The smallest absolute Gasteiger partial charge is 0.231 e. The van der Waals surface area contributed by atoms with E-state index in [1.165, 1.54) is 5.56 Å². The van der Waals surface area contributed by atoms with E-state index in [0.29, 0.717) is 11.5 Å². The van der Waals surface area contributed by atoms with Gasteiger partial charge in [-0.15, -0.1) is 0 Å². The monoisotopic (exact) mass is 336 g/mol. The molecule has 2 aliphatic rings. The van der Waals surface area contributed by atoms with Crippen LogP contribution < -0.4 is 14.2 Å². The highest BCUT2D eigenvalue weighted by Gasteiger charge is 2.38. The molecule has 0 saturated carbocycles. The first kappa shape index (κ1) is 15.8. The summed E-state index contributed by atoms with van der Waals surface area (Å²) in [6, 6.07) is 14.4. The van der Waals surface area contributed by atoms with E-state index in [1.54, 1.807) is 7.11 Å². The van der Waals surface area contributed by atoms with Crippen molar-refractivity contribution >= 4 is 0 Å². The summed E-state index contributed by atoms with van der Waals surface area (Å²) in [5.41, 5.74) is 3.21. The second kappa shape index (κ2) is 6.30. The van der Waals surface area contributed by atoms with Crippen LogP contribution in [0.25, 0.3) is 0 Å². The predicted molar refractivity (Wildman–Crippen MR) is 93.0 cm³/mol. The van der Waals surface area contributed by atoms with Crippen LogP contribution in [0.4, 0.5) is 0 Å². The van der Waals surface area contributed by atoms with Crippen LogP contribution in [0, 0.1) is 11.3 Å². The van der Waals surface area contributed by atoms with Gasteiger partial charge in [-0.05, 0) is 30.7 Å². The van der Waals surface area contributed by atoms with Crippen molar-refractivity contribution < 1.29 is 14.2 Å². The van der Waals surface area contributed by atoms with Crippen molar-refractivity contribution in [2.45, 2.75) is 18.4 Å². The van der Waals surface area contributed by atoms with Crippen LogP contribution >= 0.6 is 0 Å². The third-order valence-electron chi connectivity index (χ3n) is 5.07. The van der Waals surface area contributed by atoms with Crippen molar-refractivity contribution in [1.29, 1.82) is 5.26 Å². The molecule has 2 aromatic rings. The highest BCUT2D eigenvalue weighted by Crippen LogP contribution is 2.52. The maximum Gasteiger partial charge on any atom is 0.231 e. The number of benzene rings is 2. The van der Waals surface area contributed by atoms with Crippen LogP contribution in [0.3, 0.4) is 0 Å². The number of fused-ring (bicyclic) bond motifs is 2. The zero-order valence-corrected chi connectivity index (χ0v) is 14.4. The quantitative estimate of drug-likeness (QED) is 0.861. The molecule has 0 N–H and O–H groups in total. The topological polar surface area (TPSA) is 54.7 Å². The van der Waals surface area contributed by atoms with Gasteiger partial charge in [0, 0.05) is 12.1 Å². The molecule has 0 spiro atoms. The van der Waals surface area contributed by atoms with E-state index in [1.807, 2.05) is 36.4 Å². The third kappa shape index (κ3) is 2.50. The molecule has 0 amide bonds. The Morgan fingerprint density at radius 3 is 2.80 bits per heavy atom. The molecule has 0 unspecified atom stereocenters. The predicted octanol–water partition coefficient (Wildman–Crippen LogP) is 3.26. The lowest BCUT2D eigenvalue weighted by Crippen LogP contribution is -2.36. The van der Waals surface area contributed by atoms with Gasteiger partial charge >= 0.3 is 0 Å². The van der Waals surface area contributed by atoms with Gasteiger partial charge < -0.3 is 14.2 Å². The van der Waals surface area contributed by atoms with E-state index >= 15 is 0 Å². The van der Waals surface area contributed by atoms with Crippen molar-refractivity contribution in [2.75, 3.05) is 27.5 Å². The largest absolute Gasteiger partial charge is 0.492 e. The second-order valence-corrected chi connectivity index (χ2v) is 6.41. The molecule has 25 heavy (non-hydrogen) atoms. The Morgan fingerprint density at radius 2 is 2.08 bits per heavy atom. The Morgan fingerprint density at radius 1 is 1.28 bits per heavy atom. The number of rotatable bonds is 3. The van der Waals surface area contributed by atoms with Crippen LogP contribution in [0.2, 0.25) is 0 Å². The molecule has 0 aliphatic carbocycles. The molecule has 5 heteroatoms. The van der Waals surface area contributed by atoms with Crippen LogP contribution in [-0.2, 0) is 6.42 Å². The number of hydrogen-bond donors (Lipinski definition) is 0. The Labute approximate surface area is 147 Å². The molecular weight excluding hydrogens is 316 g/mol. The molecule has 5 nitrogen and oxygen atoms in total. The molecule has 128 valence electrons. The van der Waals surface area contributed by atoms with Gasteiger partial charge in [0.15, 0.2) is 11.5 Å². The van der Waals surface area contributed by atoms with Gasteiger partial charge in [0.25, 0.3) is 0 Å². The van der Waals surface area contributed by atoms with E-state index in [2.05, 4.69) is 18.0 Å². The Hall–Kier alpha value is -2.71. The zero-order chi connectivity index (χ0) is 17.4. The lowest BCUT2D eigenvalue weighted by Gasteiger charge is -2.38. The molecule has 2 heterocycles. The minimum atomic E-state index is -0.292. The average Bonchev–Trinajstić information content (AvgIpc) is 3.11. The standard InChI is InChI=1S/C20H20N2O3/c1-22-9-8-14-10-16-19(25-12-24-16)20(23-2)17(14)18(22)15(11-21)13-6-4-3-5-7-13/h3-7,10,15,18H,8-9,12H2,1-2H3/t15-,18+/m0/s1. The summed E-state index contributed by atoms with van der Waals surface area (Å²) in [5.74, 6) is 1.77. The lowest BCUT2D eigenvalue weighted by atomic mass is 9.81. The maximum atomic E-state index is 9.96. The minimum Gasteiger partial charge on any atom is -0.492 e. The summed E-state index contributed by atoms with van der Waals surface area (Å²) < 4.78 is 16.9. The van der Waals surface area contributed by atoms with Gasteiger partial charge in [-0.2, -0.15) is 5.26 Å². The van der Waals surface area contributed by atoms with Gasteiger partial charge in [-0.3, -0.25) is 4.90 Å². The summed E-state index contributed by atoms with van der Waals surface area (Å²) in [7, 11) is 3.71. The fraction of sp³-hybridized carbons (Fsp3) is 0.350. The van der Waals surface area contributed by atoms with Gasteiger partial charge in [-0.25, -0.2) is 0 Å². The van der Waals surface area contributed by atoms with Crippen LogP contribution in [0.5, 0.6) is 17.2 Å². The number of hydrogen-bond acceptors (Lipinski definition) is 5. The Bertz CT molecular complexity index is 829. The molecule has 0 fully saturated rings. The van der Waals surface area contributed by atoms with E-state index in [9.17, 15) is 5.26 Å². The highest BCUT2D eigenvalue weighted by molar-refractivity contribution is 5.62. The lowest BCUT2D eigenvalue weighted by molar-refractivity contribution is 0.170. The molecular formula is C20H20N2O3. The van der Waals surface area contributed by atoms with Crippen LogP contribution in [-0.4, -0.2) is 32.4 Å². The summed E-state index contributed by atoms with van der Waals surface area (Å²) in [4.78, 5) is 2.23. The normalized spacial score (nSPS) is 19.8. The zero-order valence-electron chi connectivity index (χ0n) is 14.4. The summed E-state index contributed by atoms with van der Waals surface area (Å²) >= 11 is 0. The molecule has 2 atom stereocenters. The molecule has 4 rings (SSSR count). The number of likely N-dealkylation sites (N-methyl/N-ethyl adjacent to an activating group) is 1. The first-order valence-electron chi connectivity index (χ1n) is 8.38. The molecule has 2 aliphatic heterocycles. The van der Waals surface area contributed by atoms with Gasteiger partial charge in [-0.1, -0.05) is 30.3 Å². The van der Waals surface area contributed by atoms with E-state index < -0.39 is 0 Å². The van der Waals surface area contributed by atoms with E-state index in [-0.39, 0.29) is 18.8 Å². The van der Waals surface area contributed by atoms with E-state index in [0.717, 1.165) is 29.8 Å². The summed E-state index contributed by atoms with van der Waals surface area (Å²) in [6.45, 7) is 1.08. The number of nitriles is 1. The third-order valence-corrected chi connectivity index (χ3v) is 5.07. The van der Waals surface area contributed by atoms with Gasteiger partial charge in [0.1, 0.15) is 0 Å². The molecule has 0 saturated heterocycles. The minimum absolute atomic E-state index is 0.0967. The van der Waals surface area contributed by atoms with Gasteiger partial charge in [0.2, 0.25) is 12.5 Å². The SMILES string of the molecule is COc1c2c(cc3c1[C@@H]([C@@H](C#N)c1ccccc1)N(C)CC3)OCO2. The van der Waals surface area contributed by atoms with Gasteiger partial charge in [0.05, 0.1) is 25.1 Å². The highest BCUT2D eigenvalue weighted by atomic mass is 16.7. The first-order valence-corrected chi connectivity index (χ1v) is 8.38. The molecule has 2 aromatic carbocycles. The number of methoxy groups -OCH3 is 1. The number of ether oxygens (including phenoxy) is 3. The number of nitrogens with zero attached hydrogens (tertiary/aromatic N) is 2. The van der Waals surface area contributed by atoms with Crippen molar-refractivity contribution in [3.05, 3.63) is 53.1 Å². The van der Waals surface area contributed by atoms with E-state index in [4.69, 9.17) is 14.2 Å². The second-order valence-electron chi connectivity index (χ2n) is 6.41. The first-order chi connectivity index (χ1) is 12.2. The van der Waals surface area contributed by atoms with Crippen molar-refractivity contribution in [1.82, 2.24) is 4.90 Å². The molecule has 0 aromatic heterocycles. The molecule has 0 bridgehead atoms. The van der Waals surface area contributed by atoms with Crippen molar-refractivity contribution in [2.24, 2.45) is 0 Å². The fourth-order valence-electron chi connectivity index (χ4n) is 3.88. The van der Waals surface area contributed by atoms with Crippen LogP contribution in [0.1, 0.15) is 28.7 Å². The van der Waals surface area contributed by atoms with Crippen molar-refractivity contribution in [3.8, 4) is 23.3 Å². The summed E-state index contributed by atoms with van der Waals surface area (Å²) in [6.07, 6.45) is 0.891. The Balaban J connectivity index is 1.89. The van der Waals surface area contributed by atoms with Crippen LogP contribution in [0.15, 0.2) is 36.4 Å². The van der Waals surface area contributed by atoms with Crippen molar-refractivity contribution in [3.63, 3.8) is 0 Å².